The maximum Gasteiger partial charge on any atom is 0.146 e. The molecular formula is C20H23ClN2O. The Hall–Kier alpha value is -2.00. The summed E-state index contributed by atoms with van der Waals surface area (Å²) >= 11 is 6.00. The molecule has 0 unspecified atom stereocenters. The number of rotatable bonds is 4. The van der Waals surface area contributed by atoms with Gasteiger partial charge in [-0.3, -0.25) is 0 Å². The molecule has 1 saturated carbocycles. The van der Waals surface area contributed by atoms with Crippen molar-refractivity contribution in [3.8, 4) is 0 Å². The van der Waals surface area contributed by atoms with Crippen LogP contribution >= 0.6 is 11.6 Å². The van der Waals surface area contributed by atoms with Gasteiger partial charge in [-0.15, -0.1) is 0 Å². The molecule has 0 heterocycles. The lowest BCUT2D eigenvalue weighted by Crippen LogP contribution is -2.21. The Labute approximate surface area is 148 Å². The summed E-state index contributed by atoms with van der Waals surface area (Å²) in [4.78, 5) is 0. The van der Waals surface area contributed by atoms with Crippen LogP contribution in [0.5, 0.6) is 0 Å². The summed E-state index contributed by atoms with van der Waals surface area (Å²) in [5.41, 5.74) is 2.30. The molecule has 0 radical (unpaired) electrons. The zero-order valence-electron chi connectivity index (χ0n) is 13.7. The third-order valence-corrected chi connectivity index (χ3v) is 5.07. The number of halogens is 1. The van der Waals surface area contributed by atoms with Crippen LogP contribution in [-0.2, 0) is 0 Å². The molecule has 2 N–H and O–H groups in total. The van der Waals surface area contributed by atoms with Gasteiger partial charge >= 0.3 is 0 Å². The van der Waals surface area contributed by atoms with E-state index in [2.05, 4.69) is 40.8 Å². The van der Waals surface area contributed by atoms with Gasteiger partial charge in [-0.2, -0.15) is 0 Å². The fraction of sp³-hybridized carbons (Fsp3) is 0.350. The molecule has 3 nitrogen and oxygen atoms in total. The highest BCUT2D eigenvalue weighted by atomic mass is 35.5. The highest BCUT2D eigenvalue weighted by molar-refractivity contribution is 6.30. The van der Waals surface area contributed by atoms with Crippen molar-refractivity contribution < 1.29 is 5.21 Å². The second-order valence-electron chi connectivity index (χ2n) is 6.51. The zero-order chi connectivity index (χ0) is 16.8. The van der Waals surface area contributed by atoms with Crippen LogP contribution < -0.4 is 5.32 Å². The Balaban J connectivity index is 1.53. The molecule has 0 aromatic heterocycles. The minimum Gasteiger partial charge on any atom is -0.409 e. The molecule has 126 valence electrons. The predicted molar refractivity (Wildman–Crippen MR) is 100 cm³/mol. The highest BCUT2D eigenvalue weighted by Gasteiger charge is 2.23. The number of nitrogens with one attached hydrogen (secondary N) is 1. The lowest BCUT2D eigenvalue weighted by Gasteiger charge is -2.29. The van der Waals surface area contributed by atoms with Crippen molar-refractivity contribution in [2.24, 2.45) is 11.1 Å². The maximum absolute atomic E-state index is 9.31. The summed E-state index contributed by atoms with van der Waals surface area (Å²) in [7, 11) is 0. The van der Waals surface area contributed by atoms with Crippen molar-refractivity contribution in [2.45, 2.75) is 38.0 Å². The average molecular weight is 343 g/mol. The van der Waals surface area contributed by atoms with E-state index < -0.39 is 0 Å². The van der Waals surface area contributed by atoms with Gasteiger partial charge in [0.2, 0.25) is 0 Å². The predicted octanol–water partition coefficient (Wildman–Crippen LogP) is 5.90. The molecule has 1 aliphatic rings. The van der Waals surface area contributed by atoms with E-state index >= 15 is 0 Å². The van der Waals surface area contributed by atoms with E-state index in [4.69, 9.17) is 11.6 Å². The first-order valence-corrected chi connectivity index (χ1v) is 8.91. The number of hydrogen-bond donors (Lipinski definition) is 2. The minimum absolute atomic E-state index is 0.558. The second kappa shape index (κ2) is 8.20. The van der Waals surface area contributed by atoms with E-state index in [1.807, 2.05) is 24.3 Å². The molecule has 0 amide bonds. The van der Waals surface area contributed by atoms with Crippen LogP contribution in [0.3, 0.4) is 0 Å². The van der Waals surface area contributed by atoms with Gasteiger partial charge in [0.1, 0.15) is 5.84 Å². The Kier molecular flexibility index (Phi) is 5.76. The van der Waals surface area contributed by atoms with E-state index in [0.717, 1.165) is 24.9 Å². The SMILES string of the molecule is O/N=C(\CC1CCC(c2ccccc2)CC1)Nc1cccc(Cl)c1. The van der Waals surface area contributed by atoms with Crippen molar-refractivity contribution in [3.63, 3.8) is 0 Å². The normalized spacial score (nSPS) is 21.5. The summed E-state index contributed by atoms with van der Waals surface area (Å²) in [6, 6.07) is 18.2. The summed E-state index contributed by atoms with van der Waals surface area (Å²) in [6.07, 6.45) is 5.49. The monoisotopic (exact) mass is 342 g/mol. The number of nitrogens with zero attached hydrogens (tertiary/aromatic N) is 1. The van der Waals surface area contributed by atoms with E-state index in [1.54, 1.807) is 0 Å². The van der Waals surface area contributed by atoms with Crippen LogP contribution in [0.15, 0.2) is 59.8 Å². The molecule has 0 saturated heterocycles. The molecule has 0 spiro atoms. The Morgan fingerprint density at radius 3 is 2.46 bits per heavy atom. The number of oxime groups is 1. The summed E-state index contributed by atoms with van der Waals surface area (Å²) in [5.74, 6) is 1.83. The first-order chi connectivity index (χ1) is 11.7. The van der Waals surface area contributed by atoms with Crippen LogP contribution in [-0.4, -0.2) is 11.0 Å². The van der Waals surface area contributed by atoms with Gasteiger partial charge in [0, 0.05) is 17.1 Å². The molecule has 2 aromatic carbocycles. The van der Waals surface area contributed by atoms with Crippen molar-refractivity contribution in [1.29, 1.82) is 0 Å². The Morgan fingerprint density at radius 1 is 1.04 bits per heavy atom. The molecule has 0 bridgehead atoms. The van der Waals surface area contributed by atoms with Crippen molar-refractivity contribution in [3.05, 3.63) is 65.2 Å². The number of benzene rings is 2. The largest absolute Gasteiger partial charge is 0.409 e. The van der Waals surface area contributed by atoms with Gasteiger partial charge in [0.15, 0.2) is 0 Å². The van der Waals surface area contributed by atoms with Gasteiger partial charge < -0.3 is 10.5 Å². The standard InChI is InChI=1S/C20H23ClN2O/c21-18-7-4-8-19(14-18)22-20(23-24)13-15-9-11-17(12-10-15)16-5-2-1-3-6-16/h1-8,14-15,17,24H,9-13H2,(H,22,23). The number of anilines is 1. The fourth-order valence-corrected chi connectivity index (χ4v) is 3.74. The third kappa shape index (κ3) is 4.51. The zero-order valence-corrected chi connectivity index (χ0v) is 14.4. The topological polar surface area (TPSA) is 44.6 Å². The van der Waals surface area contributed by atoms with Crippen LogP contribution in [0.4, 0.5) is 5.69 Å². The van der Waals surface area contributed by atoms with Crippen LogP contribution in [0.25, 0.3) is 0 Å². The molecule has 1 fully saturated rings. The van der Waals surface area contributed by atoms with Gasteiger partial charge in [0.25, 0.3) is 0 Å². The Morgan fingerprint density at radius 2 is 1.79 bits per heavy atom. The second-order valence-corrected chi connectivity index (χ2v) is 6.95. The molecule has 1 aliphatic carbocycles. The molecule has 3 rings (SSSR count). The third-order valence-electron chi connectivity index (χ3n) is 4.83. The quantitative estimate of drug-likeness (QED) is 0.314. The van der Waals surface area contributed by atoms with Gasteiger partial charge in [-0.1, -0.05) is 53.2 Å². The lowest BCUT2D eigenvalue weighted by molar-refractivity contribution is 0.306. The molecule has 0 aliphatic heterocycles. The first kappa shape index (κ1) is 16.8. The average Bonchev–Trinajstić information content (AvgIpc) is 2.62. The van der Waals surface area contributed by atoms with Crippen molar-refractivity contribution in [2.75, 3.05) is 5.32 Å². The van der Waals surface area contributed by atoms with Gasteiger partial charge in [0.05, 0.1) is 0 Å². The molecule has 4 heteroatoms. The molecular weight excluding hydrogens is 320 g/mol. The number of amidine groups is 1. The molecule has 2 aromatic rings. The molecule has 24 heavy (non-hydrogen) atoms. The van der Waals surface area contributed by atoms with E-state index in [-0.39, 0.29) is 0 Å². The van der Waals surface area contributed by atoms with Crippen molar-refractivity contribution in [1.82, 2.24) is 0 Å². The minimum atomic E-state index is 0.558. The fourth-order valence-electron chi connectivity index (χ4n) is 3.55. The summed E-state index contributed by atoms with van der Waals surface area (Å²) < 4.78 is 0. The van der Waals surface area contributed by atoms with Gasteiger partial charge in [-0.05, 0) is 61.3 Å². The summed E-state index contributed by atoms with van der Waals surface area (Å²) in [6.45, 7) is 0. The highest BCUT2D eigenvalue weighted by Crippen LogP contribution is 2.37. The van der Waals surface area contributed by atoms with Crippen molar-refractivity contribution >= 4 is 23.1 Å². The lowest BCUT2D eigenvalue weighted by atomic mass is 9.77. The molecule has 0 atom stereocenters. The van der Waals surface area contributed by atoms with Gasteiger partial charge in [-0.25, -0.2) is 0 Å². The summed E-state index contributed by atoms with van der Waals surface area (Å²) in [5, 5.41) is 16.6. The number of hydrogen-bond acceptors (Lipinski definition) is 2. The van der Waals surface area contributed by atoms with E-state index in [1.165, 1.54) is 18.4 Å². The van der Waals surface area contributed by atoms with E-state index in [0.29, 0.717) is 22.7 Å². The van der Waals surface area contributed by atoms with E-state index in [9.17, 15) is 5.21 Å². The van der Waals surface area contributed by atoms with Crippen LogP contribution in [0.1, 0.15) is 43.6 Å². The van der Waals surface area contributed by atoms with Crippen LogP contribution in [0.2, 0.25) is 5.02 Å². The smallest absolute Gasteiger partial charge is 0.146 e. The van der Waals surface area contributed by atoms with Crippen LogP contribution in [0, 0.1) is 5.92 Å². The Bertz CT molecular complexity index is 679. The first-order valence-electron chi connectivity index (χ1n) is 8.53. The maximum atomic E-state index is 9.31.